The van der Waals surface area contributed by atoms with Gasteiger partial charge in [0.1, 0.15) is 16.2 Å². The highest BCUT2D eigenvalue weighted by atomic mass is 32.2. The number of hydrogen-bond acceptors (Lipinski definition) is 11. The molecule has 0 fully saturated rings. The zero-order valence-electron chi connectivity index (χ0n) is 22.7. The van der Waals surface area contributed by atoms with Crippen molar-refractivity contribution in [3.05, 3.63) is 102 Å². The Bertz CT molecular complexity index is 1850. The number of aromatic hydroxyl groups is 1. The Balaban J connectivity index is 0.000000250. The second kappa shape index (κ2) is 14.8. The minimum Gasteiger partial charge on any atom is -0.507 e. The number of carboxylic acids is 1. The largest absolute Gasteiger partial charge is 0.507 e. The van der Waals surface area contributed by atoms with Crippen molar-refractivity contribution in [3.8, 4) is 5.75 Å². The van der Waals surface area contributed by atoms with Gasteiger partial charge in [0, 0.05) is 29.2 Å². The van der Waals surface area contributed by atoms with Gasteiger partial charge in [0.25, 0.3) is 26.1 Å². The van der Waals surface area contributed by atoms with Crippen molar-refractivity contribution in [2.24, 2.45) is 5.73 Å². The first-order valence-electron chi connectivity index (χ1n) is 12.0. The van der Waals surface area contributed by atoms with Crippen molar-refractivity contribution in [2.45, 2.75) is 16.3 Å². The van der Waals surface area contributed by atoms with Crippen molar-refractivity contribution in [2.75, 3.05) is 22.5 Å². The number of nitrogens with one attached hydrogen (secondary N) is 1. The second-order valence-corrected chi connectivity index (χ2v) is 11.5. The molecule has 0 unspecified atom stereocenters. The molecule has 17 heteroatoms. The highest BCUT2D eigenvalue weighted by Crippen LogP contribution is 2.24. The molecule has 0 aromatic heterocycles. The average Bonchev–Trinajstić information content (AvgIpc) is 2.95. The maximum absolute atomic E-state index is 12.0. The molecule has 13 N–H and O–H groups in total. The van der Waals surface area contributed by atoms with E-state index in [4.69, 9.17) is 42.3 Å². The summed E-state index contributed by atoms with van der Waals surface area (Å²) in [6.45, 7) is 0.353. The average molecular weight is 648 g/mol. The zero-order chi connectivity index (χ0) is 33.2. The van der Waals surface area contributed by atoms with Crippen LogP contribution >= 0.6 is 0 Å². The fourth-order valence-corrected chi connectivity index (χ4v) is 4.37. The van der Waals surface area contributed by atoms with E-state index in [9.17, 15) is 26.4 Å². The van der Waals surface area contributed by atoms with Crippen LogP contribution in [0.2, 0.25) is 0 Å². The van der Waals surface area contributed by atoms with Gasteiger partial charge in [-0.05, 0) is 78.4 Å². The van der Waals surface area contributed by atoms with Crippen LogP contribution in [0.3, 0.4) is 0 Å². The number of carboxylic acid groups (broad SMARTS) is 1. The van der Waals surface area contributed by atoms with E-state index in [0.29, 0.717) is 23.5 Å². The second-order valence-electron chi connectivity index (χ2n) is 8.71. The van der Waals surface area contributed by atoms with Crippen LogP contribution in [0.4, 0.5) is 22.7 Å². The molecule has 0 saturated heterocycles. The van der Waals surface area contributed by atoms with Crippen LogP contribution in [-0.2, 0) is 26.8 Å². The summed E-state index contributed by atoms with van der Waals surface area (Å²) in [5, 5.41) is 19.8. The molecule has 0 aliphatic rings. The molecule has 0 bridgehead atoms. The van der Waals surface area contributed by atoms with Gasteiger partial charge in [0.05, 0.1) is 10.6 Å². The highest BCUT2D eigenvalue weighted by Gasteiger charge is 2.18. The van der Waals surface area contributed by atoms with Crippen LogP contribution in [0.1, 0.15) is 26.3 Å². The van der Waals surface area contributed by atoms with Crippen LogP contribution in [0.15, 0.2) is 94.7 Å². The van der Waals surface area contributed by atoms with E-state index < -0.39 is 37.0 Å². The summed E-state index contributed by atoms with van der Waals surface area (Å²) in [4.78, 5) is 21.8. The van der Waals surface area contributed by atoms with E-state index in [0.717, 1.165) is 11.6 Å². The summed E-state index contributed by atoms with van der Waals surface area (Å²) in [5.41, 5.74) is 23.4. The molecule has 0 aliphatic carbocycles. The van der Waals surface area contributed by atoms with Crippen LogP contribution in [-0.4, -0.2) is 48.0 Å². The summed E-state index contributed by atoms with van der Waals surface area (Å²) >= 11 is 0. The van der Waals surface area contributed by atoms with E-state index in [1.807, 2.05) is 0 Å². The monoisotopic (exact) mass is 647 g/mol. The fourth-order valence-electron chi connectivity index (χ4n) is 3.21. The number of amides is 1. The van der Waals surface area contributed by atoms with Crippen LogP contribution < -0.4 is 28.3 Å². The maximum Gasteiger partial charge on any atom is 0.339 e. The Morgan fingerprint density at radius 3 is 1.70 bits per heavy atom. The smallest absolute Gasteiger partial charge is 0.339 e. The van der Waals surface area contributed by atoms with Crippen molar-refractivity contribution < 1.29 is 45.7 Å². The number of carbonyl (C=O) groups is 2. The van der Waals surface area contributed by atoms with Crippen molar-refractivity contribution in [1.82, 2.24) is 0 Å². The van der Waals surface area contributed by atoms with Gasteiger partial charge < -0.3 is 38.5 Å². The van der Waals surface area contributed by atoms with Gasteiger partial charge >= 0.3 is 5.97 Å². The topological polar surface area (TPSA) is 299 Å². The Hall–Kier alpha value is -5.20. The number of rotatable bonds is 6. The van der Waals surface area contributed by atoms with E-state index in [1.54, 1.807) is 24.3 Å². The van der Waals surface area contributed by atoms with Gasteiger partial charge in [-0.1, -0.05) is 12.1 Å². The summed E-state index contributed by atoms with van der Waals surface area (Å²) in [7, 11) is -8.57. The number of hydrogen-bond donors (Lipinski definition) is 9. The molecule has 0 spiro atoms. The van der Waals surface area contributed by atoms with Gasteiger partial charge in [-0.25, -0.2) is 4.79 Å². The van der Waals surface area contributed by atoms with E-state index in [-0.39, 0.29) is 27.6 Å². The van der Waals surface area contributed by atoms with E-state index >= 15 is 0 Å². The molecular weight excluding hydrogens is 618 g/mol. The molecule has 4 aromatic carbocycles. The number of carbonyl (C=O) groups excluding carboxylic acids is 1. The van der Waals surface area contributed by atoms with E-state index in [1.165, 1.54) is 54.6 Å². The van der Waals surface area contributed by atoms with Crippen molar-refractivity contribution in [1.29, 1.82) is 0 Å². The quantitative estimate of drug-likeness (QED) is 0.0825. The first-order chi connectivity index (χ1) is 20.4. The molecule has 0 radical (unpaired) electrons. The lowest BCUT2D eigenvalue weighted by Crippen LogP contribution is -2.15. The van der Waals surface area contributed by atoms with Crippen LogP contribution in [0.5, 0.6) is 5.75 Å². The first-order valence-corrected chi connectivity index (χ1v) is 14.9. The molecule has 0 heterocycles. The van der Waals surface area contributed by atoms with Gasteiger partial charge in [-0.2, -0.15) is 16.8 Å². The fraction of sp³-hybridized carbons (Fsp3) is 0.0370. The molecule has 234 valence electrons. The number of nitrogens with two attached hydrogens (primary N) is 4. The molecule has 0 aliphatic heterocycles. The Morgan fingerprint density at radius 2 is 1.23 bits per heavy atom. The van der Waals surface area contributed by atoms with Gasteiger partial charge in [-0.3, -0.25) is 13.9 Å². The Labute approximate surface area is 252 Å². The van der Waals surface area contributed by atoms with Gasteiger partial charge in [0.2, 0.25) is 0 Å². The number of aromatic carboxylic acids is 1. The number of phenols is 1. The minimum absolute atomic E-state index is 0.0616. The molecule has 0 atom stereocenters. The Morgan fingerprint density at radius 1 is 0.705 bits per heavy atom. The van der Waals surface area contributed by atoms with Gasteiger partial charge in [0.15, 0.2) is 0 Å². The SMILES string of the molecule is NCc1ccc(S(=O)(=O)O)cc1.Nc1ccc(C(=O)Nc2ccc(N)cc2S(=O)(=O)O)cc1.Nc1ccc(O)c(C(=O)O)c1. The predicted octanol–water partition coefficient (Wildman–Crippen LogP) is 2.41. The van der Waals surface area contributed by atoms with Crippen LogP contribution in [0, 0.1) is 0 Å². The third-order valence-electron chi connectivity index (χ3n) is 5.41. The lowest BCUT2D eigenvalue weighted by molar-refractivity contribution is 0.0693. The molecular formula is C27H29N5O10S2. The molecule has 4 aromatic rings. The summed E-state index contributed by atoms with van der Waals surface area (Å²) in [6, 6.07) is 19.5. The predicted molar refractivity (Wildman–Crippen MR) is 163 cm³/mol. The lowest BCUT2D eigenvalue weighted by atomic mass is 10.2. The third kappa shape index (κ3) is 10.6. The molecule has 4 rings (SSSR count). The lowest BCUT2D eigenvalue weighted by Gasteiger charge is -2.10. The molecule has 1 amide bonds. The third-order valence-corrected chi connectivity index (χ3v) is 7.17. The number of nitrogen functional groups attached to an aromatic ring is 3. The van der Waals surface area contributed by atoms with Gasteiger partial charge in [-0.15, -0.1) is 0 Å². The maximum atomic E-state index is 12.0. The minimum atomic E-state index is -4.51. The molecule has 0 saturated carbocycles. The molecule has 15 nitrogen and oxygen atoms in total. The normalized spacial score (nSPS) is 10.8. The van der Waals surface area contributed by atoms with Crippen molar-refractivity contribution >= 4 is 54.9 Å². The van der Waals surface area contributed by atoms with Crippen molar-refractivity contribution in [3.63, 3.8) is 0 Å². The van der Waals surface area contributed by atoms with Crippen LogP contribution in [0.25, 0.3) is 0 Å². The zero-order valence-corrected chi connectivity index (χ0v) is 24.3. The summed E-state index contributed by atoms with van der Waals surface area (Å²) < 4.78 is 61.5. The standard InChI is InChI=1S/C13H13N3O4S.C7H9NO3S.C7H7NO3/c14-9-3-1-8(2-4-9)13(17)16-11-6-5-10(15)7-12(11)21(18,19)20;8-5-6-1-3-7(4-2-6)12(9,10)11;8-4-1-2-6(9)5(3-4)7(10)11/h1-7H,14-15H2,(H,16,17)(H,18,19,20);1-4H,5,8H2,(H,9,10,11);1-3,9H,8H2,(H,10,11). The first kappa shape index (κ1) is 35.0. The molecule has 44 heavy (non-hydrogen) atoms. The number of anilines is 4. The summed E-state index contributed by atoms with van der Waals surface area (Å²) in [5.74, 6) is -1.99. The van der Waals surface area contributed by atoms with E-state index in [2.05, 4.69) is 5.32 Å². The summed E-state index contributed by atoms with van der Waals surface area (Å²) in [6.07, 6.45) is 0. The number of benzene rings is 4. The highest BCUT2D eigenvalue weighted by molar-refractivity contribution is 7.86. The Kier molecular flexibility index (Phi) is 11.8.